The van der Waals surface area contributed by atoms with E-state index in [1.54, 1.807) is 23.2 Å². The Bertz CT molecular complexity index is 1850. The molecule has 0 unspecified atom stereocenters. The first-order valence-electron chi connectivity index (χ1n) is 14.5. The van der Waals surface area contributed by atoms with Crippen molar-refractivity contribution in [1.29, 1.82) is 0 Å². The fourth-order valence-corrected chi connectivity index (χ4v) is 7.72. The lowest BCUT2D eigenvalue weighted by atomic mass is 10.0. The number of pyridine rings is 1. The van der Waals surface area contributed by atoms with Crippen LogP contribution in [0.3, 0.4) is 0 Å². The number of amides is 1. The van der Waals surface area contributed by atoms with Crippen molar-refractivity contribution in [2.75, 3.05) is 31.1 Å². The van der Waals surface area contributed by atoms with Crippen LogP contribution in [0.15, 0.2) is 82.6 Å². The molecule has 0 aliphatic carbocycles. The minimum atomic E-state index is -3.84. The van der Waals surface area contributed by atoms with Gasteiger partial charge in [0.15, 0.2) is 0 Å². The third kappa shape index (κ3) is 5.01. The summed E-state index contributed by atoms with van der Waals surface area (Å²) in [6, 6.07) is 21.0. The molecule has 9 heteroatoms. The Hall–Kier alpha value is -3.95. The minimum absolute atomic E-state index is 0.0686. The van der Waals surface area contributed by atoms with E-state index in [0.29, 0.717) is 51.2 Å². The fraction of sp³-hybridized carbons (Fsp3) is 0.333. The van der Waals surface area contributed by atoms with Crippen LogP contribution in [0.1, 0.15) is 40.9 Å². The normalized spacial score (nSPS) is 17.8. The predicted molar refractivity (Wildman–Crippen MR) is 166 cm³/mol. The maximum atomic E-state index is 13.8. The summed E-state index contributed by atoms with van der Waals surface area (Å²) in [5.41, 5.74) is 4.70. The van der Waals surface area contributed by atoms with E-state index in [-0.39, 0.29) is 27.8 Å². The Morgan fingerprint density at radius 3 is 2.48 bits per heavy atom. The SMILES string of the molecule is CCn1cc(C(=O)N2CCN(c3cccc(C)c3)[C@H](C)C2)c(=O)c2cc(S(=O)(=O)N3CCc4ccccc4C3)ccc21. The fourth-order valence-electron chi connectivity index (χ4n) is 6.28. The second-order valence-corrected chi connectivity index (χ2v) is 13.3. The number of aryl methyl sites for hydroxylation is 2. The van der Waals surface area contributed by atoms with E-state index in [1.807, 2.05) is 41.8 Å². The highest BCUT2D eigenvalue weighted by Crippen LogP contribution is 2.27. The van der Waals surface area contributed by atoms with Gasteiger partial charge in [-0.25, -0.2) is 8.42 Å². The number of benzene rings is 3. The molecule has 2 aliphatic heterocycles. The van der Waals surface area contributed by atoms with Crippen LogP contribution in [0.2, 0.25) is 0 Å². The topological polar surface area (TPSA) is 82.9 Å². The number of hydrogen-bond acceptors (Lipinski definition) is 5. The summed E-state index contributed by atoms with van der Waals surface area (Å²) >= 11 is 0. The average molecular weight is 585 g/mol. The zero-order chi connectivity index (χ0) is 29.6. The van der Waals surface area contributed by atoms with Gasteiger partial charge < -0.3 is 14.4 Å². The Labute approximate surface area is 246 Å². The van der Waals surface area contributed by atoms with E-state index >= 15 is 0 Å². The summed E-state index contributed by atoms with van der Waals surface area (Å²) in [6.45, 7) is 8.93. The van der Waals surface area contributed by atoms with E-state index in [1.165, 1.54) is 15.9 Å². The lowest BCUT2D eigenvalue weighted by molar-refractivity contribution is 0.0724. The molecule has 1 aromatic heterocycles. The molecular formula is C33H36N4O4S. The molecule has 0 radical (unpaired) electrons. The molecule has 0 bridgehead atoms. The van der Waals surface area contributed by atoms with Crippen LogP contribution in [0.4, 0.5) is 5.69 Å². The standard InChI is InChI=1S/C33H36N4O4S/c1-4-34-22-30(33(39)35-16-17-37(24(3)20-35)27-11-7-8-23(2)18-27)32(38)29-19-28(12-13-31(29)34)42(40,41)36-15-14-25-9-5-6-10-26(25)21-36/h5-13,18-19,22,24H,4,14-17,20-21H2,1-3H3/t24-/m1/s1. The van der Waals surface area contributed by atoms with Crippen LogP contribution in [0, 0.1) is 6.92 Å². The molecule has 8 nitrogen and oxygen atoms in total. The van der Waals surface area contributed by atoms with Crippen molar-refractivity contribution in [3.8, 4) is 0 Å². The molecule has 1 saturated heterocycles. The zero-order valence-electron chi connectivity index (χ0n) is 24.3. The van der Waals surface area contributed by atoms with Gasteiger partial charge in [-0.1, -0.05) is 36.4 Å². The number of sulfonamides is 1. The van der Waals surface area contributed by atoms with E-state index in [2.05, 4.69) is 36.9 Å². The van der Waals surface area contributed by atoms with Crippen LogP contribution >= 0.6 is 0 Å². The van der Waals surface area contributed by atoms with Gasteiger partial charge in [-0.3, -0.25) is 9.59 Å². The van der Waals surface area contributed by atoms with Crippen molar-refractivity contribution in [3.63, 3.8) is 0 Å². The Morgan fingerprint density at radius 2 is 1.74 bits per heavy atom. The number of carbonyl (C=O) groups is 1. The Balaban J connectivity index is 1.31. The van der Waals surface area contributed by atoms with Crippen LogP contribution in [0.5, 0.6) is 0 Å². The maximum Gasteiger partial charge on any atom is 0.259 e. The monoisotopic (exact) mass is 584 g/mol. The molecule has 0 saturated carbocycles. The summed E-state index contributed by atoms with van der Waals surface area (Å²) in [7, 11) is -3.84. The van der Waals surface area contributed by atoms with E-state index in [0.717, 1.165) is 16.8 Å². The molecular weight excluding hydrogens is 548 g/mol. The van der Waals surface area contributed by atoms with Gasteiger partial charge in [0.25, 0.3) is 5.91 Å². The van der Waals surface area contributed by atoms with E-state index in [4.69, 9.17) is 0 Å². The molecule has 1 atom stereocenters. The first-order chi connectivity index (χ1) is 20.2. The number of nitrogens with zero attached hydrogens (tertiary/aromatic N) is 4. The summed E-state index contributed by atoms with van der Waals surface area (Å²) in [5.74, 6) is -0.319. The molecule has 218 valence electrons. The lowest BCUT2D eigenvalue weighted by Crippen LogP contribution is -2.54. The Morgan fingerprint density at radius 1 is 0.952 bits per heavy atom. The number of rotatable bonds is 5. The number of fused-ring (bicyclic) bond motifs is 2. The maximum absolute atomic E-state index is 13.8. The average Bonchev–Trinajstić information content (AvgIpc) is 3.00. The second kappa shape index (κ2) is 11.0. The molecule has 42 heavy (non-hydrogen) atoms. The highest BCUT2D eigenvalue weighted by Gasteiger charge is 2.31. The Kier molecular flexibility index (Phi) is 7.41. The summed E-state index contributed by atoms with van der Waals surface area (Å²) in [5, 5.41) is 0.243. The third-order valence-corrected chi connectivity index (χ3v) is 10.4. The summed E-state index contributed by atoms with van der Waals surface area (Å²) in [4.78, 5) is 31.7. The first kappa shape index (κ1) is 28.2. The molecule has 1 fully saturated rings. The van der Waals surface area contributed by atoms with E-state index < -0.39 is 15.5 Å². The quantitative estimate of drug-likeness (QED) is 0.347. The highest BCUT2D eigenvalue weighted by molar-refractivity contribution is 7.89. The van der Waals surface area contributed by atoms with Crippen molar-refractivity contribution in [2.24, 2.45) is 0 Å². The molecule has 0 N–H and O–H groups in total. The predicted octanol–water partition coefficient (Wildman–Crippen LogP) is 4.43. The zero-order valence-corrected chi connectivity index (χ0v) is 25.1. The molecule has 3 heterocycles. The van der Waals surface area contributed by atoms with Gasteiger partial charge in [0, 0.05) is 62.6 Å². The smallest absolute Gasteiger partial charge is 0.259 e. The third-order valence-electron chi connectivity index (χ3n) is 8.60. The molecule has 1 amide bonds. The number of aromatic nitrogens is 1. The van der Waals surface area contributed by atoms with Gasteiger partial charge >= 0.3 is 0 Å². The number of hydrogen-bond donors (Lipinski definition) is 0. The van der Waals surface area contributed by atoms with E-state index in [9.17, 15) is 18.0 Å². The molecule has 3 aromatic carbocycles. The largest absolute Gasteiger partial charge is 0.365 e. The minimum Gasteiger partial charge on any atom is -0.365 e. The molecule has 4 aromatic rings. The second-order valence-electron chi connectivity index (χ2n) is 11.3. The summed E-state index contributed by atoms with van der Waals surface area (Å²) in [6.07, 6.45) is 2.26. The molecule has 0 spiro atoms. The van der Waals surface area contributed by atoms with Gasteiger partial charge in [0.05, 0.1) is 10.4 Å². The van der Waals surface area contributed by atoms with Gasteiger partial charge in [-0.15, -0.1) is 0 Å². The van der Waals surface area contributed by atoms with Gasteiger partial charge in [-0.2, -0.15) is 4.31 Å². The van der Waals surface area contributed by atoms with Crippen molar-refractivity contribution in [1.82, 2.24) is 13.8 Å². The van der Waals surface area contributed by atoms with Crippen molar-refractivity contribution in [2.45, 2.75) is 51.2 Å². The molecule has 6 rings (SSSR count). The first-order valence-corrected chi connectivity index (χ1v) is 16.0. The van der Waals surface area contributed by atoms with Gasteiger partial charge in [0.2, 0.25) is 15.5 Å². The van der Waals surface area contributed by atoms with Crippen LogP contribution in [-0.4, -0.2) is 60.3 Å². The van der Waals surface area contributed by atoms with Gasteiger partial charge in [-0.05, 0) is 74.2 Å². The lowest BCUT2D eigenvalue weighted by Gasteiger charge is -2.41. The van der Waals surface area contributed by atoms with Crippen LogP contribution in [0.25, 0.3) is 10.9 Å². The van der Waals surface area contributed by atoms with Crippen molar-refractivity contribution < 1.29 is 13.2 Å². The number of piperazine rings is 1. The van der Waals surface area contributed by atoms with Crippen LogP contribution < -0.4 is 10.3 Å². The molecule has 2 aliphatic rings. The van der Waals surface area contributed by atoms with Crippen molar-refractivity contribution >= 4 is 32.5 Å². The summed E-state index contributed by atoms with van der Waals surface area (Å²) < 4.78 is 30.8. The number of anilines is 1. The van der Waals surface area contributed by atoms with Crippen molar-refractivity contribution in [3.05, 3.63) is 105 Å². The highest BCUT2D eigenvalue weighted by atomic mass is 32.2. The van der Waals surface area contributed by atoms with Crippen LogP contribution in [-0.2, 0) is 29.5 Å². The van der Waals surface area contributed by atoms with Gasteiger partial charge in [0.1, 0.15) is 5.56 Å². The number of carbonyl (C=O) groups excluding carboxylic acids is 1.